The Labute approximate surface area is 224 Å². The molecule has 0 aliphatic heterocycles. The summed E-state index contributed by atoms with van der Waals surface area (Å²) < 4.78 is 3.04. The summed E-state index contributed by atoms with van der Waals surface area (Å²) in [5, 5.41) is 0. The standard InChI is InChI=1S/C33H24BrNO2/c1-2-8-21-13-15-23(16-14-21)31-29-28(32(36)26-11-6-7-12-27(26)33(29)37)30(22-9-4-3-5-10-22)35(31)25-19-17-24(34)18-20-25/h3-7,9-20H,2,8H2,1H3. The molecule has 180 valence electrons. The average Bonchev–Trinajstić information content (AvgIpc) is 3.30. The summed E-state index contributed by atoms with van der Waals surface area (Å²) in [6.07, 6.45) is 2.05. The Hall–Kier alpha value is -4.02. The Morgan fingerprint density at radius 2 is 1.14 bits per heavy atom. The lowest BCUT2D eigenvalue weighted by Crippen LogP contribution is -2.20. The Bertz CT molecular complexity index is 1650. The summed E-state index contributed by atoms with van der Waals surface area (Å²) in [6.45, 7) is 2.16. The van der Waals surface area contributed by atoms with Crippen LogP contribution in [0.25, 0.3) is 28.2 Å². The fraction of sp³-hybridized carbons (Fsp3) is 0.0909. The summed E-state index contributed by atoms with van der Waals surface area (Å²) in [5.74, 6) is -0.241. The molecule has 3 nitrogen and oxygen atoms in total. The van der Waals surface area contributed by atoms with E-state index in [4.69, 9.17) is 0 Å². The van der Waals surface area contributed by atoms with Gasteiger partial charge < -0.3 is 4.57 Å². The first-order valence-corrected chi connectivity index (χ1v) is 13.3. The van der Waals surface area contributed by atoms with Crippen LogP contribution in [-0.2, 0) is 6.42 Å². The third-order valence-corrected chi connectivity index (χ3v) is 7.47. The molecule has 0 N–H and O–H groups in total. The molecular formula is C33H24BrNO2. The predicted octanol–water partition coefficient (Wildman–Crippen LogP) is 8.30. The molecule has 0 saturated carbocycles. The van der Waals surface area contributed by atoms with E-state index in [0.29, 0.717) is 22.3 Å². The molecule has 0 saturated heterocycles. The van der Waals surface area contributed by atoms with Crippen LogP contribution in [0.15, 0.2) is 108 Å². The van der Waals surface area contributed by atoms with Crippen molar-refractivity contribution < 1.29 is 9.59 Å². The fourth-order valence-electron chi connectivity index (χ4n) is 5.27. The Kier molecular flexibility index (Phi) is 5.97. The van der Waals surface area contributed by atoms with Crippen molar-refractivity contribution in [1.29, 1.82) is 0 Å². The molecule has 0 amide bonds. The van der Waals surface area contributed by atoms with Crippen molar-refractivity contribution in [1.82, 2.24) is 4.57 Å². The molecule has 0 fully saturated rings. The fourth-order valence-corrected chi connectivity index (χ4v) is 5.54. The number of hydrogen-bond acceptors (Lipinski definition) is 2. The van der Waals surface area contributed by atoms with Crippen LogP contribution in [0.2, 0.25) is 0 Å². The summed E-state index contributed by atoms with van der Waals surface area (Å²) in [5.41, 5.74) is 7.24. The second-order valence-corrected chi connectivity index (χ2v) is 10.2. The number of fused-ring (bicyclic) bond motifs is 2. The number of halogens is 1. The summed E-state index contributed by atoms with van der Waals surface area (Å²) >= 11 is 3.55. The number of aromatic nitrogens is 1. The molecule has 4 heteroatoms. The van der Waals surface area contributed by atoms with Gasteiger partial charge in [-0.3, -0.25) is 9.59 Å². The Balaban J connectivity index is 1.75. The van der Waals surface area contributed by atoms with E-state index in [1.165, 1.54) is 5.56 Å². The normalized spacial score (nSPS) is 12.4. The minimum atomic E-state index is -0.122. The average molecular weight is 546 g/mol. The number of carbonyl (C=O) groups excluding carboxylic acids is 2. The highest BCUT2D eigenvalue weighted by molar-refractivity contribution is 9.10. The van der Waals surface area contributed by atoms with Crippen molar-refractivity contribution in [2.24, 2.45) is 0 Å². The molecule has 6 rings (SSSR count). The lowest BCUT2D eigenvalue weighted by molar-refractivity contribution is 0.0981. The third-order valence-electron chi connectivity index (χ3n) is 6.94. The predicted molar refractivity (Wildman–Crippen MR) is 152 cm³/mol. The van der Waals surface area contributed by atoms with Gasteiger partial charge in [-0.2, -0.15) is 0 Å². The van der Waals surface area contributed by atoms with Gasteiger partial charge in [0.15, 0.2) is 11.6 Å². The molecule has 5 aromatic rings. The molecular weight excluding hydrogens is 522 g/mol. The highest BCUT2D eigenvalue weighted by atomic mass is 79.9. The molecule has 0 radical (unpaired) electrons. The number of aryl methyl sites for hydroxylation is 1. The van der Waals surface area contributed by atoms with Gasteiger partial charge >= 0.3 is 0 Å². The lowest BCUT2D eigenvalue weighted by atomic mass is 9.82. The number of hydrogen-bond donors (Lipinski definition) is 0. The van der Waals surface area contributed by atoms with Gasteiger partial charge in [-0.25, -0.2) is 0 Å². The van der Waals surface area contributed by atoms with E-state index in [9.17, 15) is 9.59 Å². The maximum Gasteiger partial charge on any atom is 0.196 e. The largest absolute Gasteiger partial charge is 0.308 e. The summed E-state index contributed by atoms with van der Waals surface area (Å²) in [6, 6.07) is 33.4. The molecule has 37 heavy (non-hydrogen) atoms. The van der Waals surface area contributed by atoms with Crippen molar-refractivity contribution in [3.05, 3.63) is 135 Å². The Morgan fingerprint density at radius 3 is 1.68 bits per heavy atom. The van der Waals surface area contributed by atoms with Gasteiger partial charge in [0.25, 0.3) is 0 Å². The first-order valence-electron chi connectivity index (χ1n) is 12.5. The van der Waals surface area contributed by atoms with Gasteiger partial charge in [-0.1, -0.05) is 108 Å². The van der Waals surface area contributed by atoms with Crippen LogP contribution >= 0.6 is 15.9 Å². The molecule has 1 aliphatic carbocycles. The molecule has 0 bridgehead atoms. The van der Waals surface area contributed by atoms with Crippen molar-refractivity contribution >= 4 is 27.5 Å². The molecule has 4 aromatic carbocycles. The van der Waals surface area contributed by atoms with Crippen molar-refractivity contribution in [2.75, 3.05) is 0 Å². The second-order valence-electron chi connectivity index (χ2n) is 9.28. The highest BCUT2D eigenvalue weighted by Gasteiger charge is 2.39. The van der Waals surface area contributed by atoms with E-state index in [1.807, 2.05) is 66.7 Å². The van der Waals surface area contributed by atoms with Gasteiger partial charge in [0.2, 0.25) is 0 Å². The number of ketones is 2. The number of carbonyl (C=O) groups is 2. The van der Waals surface area contributed by atoms with E-state index >= 15 is 0 Å². The SMILES string of the molecule is CCCc1ccc(-c2c3c(c(-c4ccccc4)n2-c2ccc(Br)cc2)C(=O)c2ccccc2C3=O)cc1. The second kappa shape index (κ2) is 9.45. The van der Waals surface area contributed by atoms with E-state index in [0.717, 1.165) is 45.5 Å². The van der Waals surface area contributed by atoms with Crippen LogP contribution in [0.5, 0.6) is 0 Å². The van der Waals surface area contributed by atoms with Crippen LogP contribution in [0.4, 0.5) is 0 Å². The van der Waals surface area contributed by atoms with Gasteiger partial charge in [0, 0.05) is 21.3 Å². The molecule has 1 aliphatic rings. The van der Waals surface area contributed by atoms with Gasteiger partial charge in [-0.05, 0) is 47.4 Å². The zero-order valence-electron chi connectivity index (χ0n) is 20.4. The highest BCUT2D eigenvalue weighted by Crippen LogP contribution is 2.44. The number of nitrogens with zero attached hydrogens (tertiary/aromatic N) is 1. The first-order chi connectivity index (χ1) is 18.1. The first kappa shape index (κ1) is 23.4. The van der Waals surface area contributed by atoms with E-state index in [2.05, 4.69) is 51.7 Å². The van der Waals surface area contributed by atoms with Crippen LogP contribution in [0.1, 0.15) is 50.8 Å². The topological polar surface area (TPSA) is 39.1 Å². The van der Waals surface area contributed by atoms with E-state index in [-0.39, 0.29) is 11.6 Å². The maximum atomic E-state index is 14.1. The van der Waals surface area contributed by atoms with Crippen LogP contribution < -0.4 is 0 Å². The molecule has 0 spiro atoms. The van der Waals surface area contributed by atoms with Crippen LogP contribution in [0.3, 0.4) is 0 Å². The Morgan fingerprint density at radius 1 is 0.622 bits per heavy atom. The zero-order valence-corrected chi connectivity index (χ0v) is 22.0. The molecule has 0 unspecified atom stereocenters. The zero-order chi connectivity index (χ0) is 25.5. The lowest BCUT2D eigenvalue weighted by Gasteiger charge is -2.16. The van der Waals surface area contributed by atoms with Crippen molar-refractivity contribution in [3.63, 3.8) is 0 Å². The van der Waals surface area contributed by atoms with Crippen LogP contribution in [-0.4, -0.2) is 16.1 Å². The quantitative estimate of drug-likeness (QED) is 0.218. The summed E-state index contributed by atoms with van der Waals surface area (Å²) in [7, 11) is 0. The minimum absolute atomic E-state index is 0.120. The molecule has 1 aromatic heterocycles. The maximum absolute atomic E-state index is 14.1. The van der Waals surface area contributed by atoms with Crippen molar-refractivity contribution in [3.8, 4) is 28.2 Å². The van der Waals surface area contributed by atoms with E-state index < -0.39 is 0 Å². The molecule has 0 atom stereocenters. The van der Waals surface area contributed by atoms with Gasteiger partial charge in [0.1, 0.15) is 0 Å². The third kappa shape index (κ3) is 3.89. The van der Waals surface area contributed by atoms with E-state index in [1.54, 1.807) is 12.1 Å². The molecule has 1 heterocycles. The van der Waals surface area contributed by atoms with Crippen molar-refractivity contribution in [2.45, 2.75) is 19.8 Å². The summed E-state index contributed by atoms with van der Waals surface area (Å²) in [4.78, 5) is 28.2. The smallest absolute Gasteiger partial charge is 0.196 e. The number of rotatable bonds is 5. The van der Waals surface area contributed by atoms with Crippen LogP contribution in [0, 0.1) is 0 Å². The minimum Gasteiger partial charge on any atom is -0.308 e. The monoisotopic (exact) mass is 545 g/mol. The van der Waals surface area contributed by atoms with Gasteiger partial charge in [-0.15, -0.1) is 0 Å². The number of benzene rings is 4. The van der Waals surface area contributed by atoms with Gasteiger partial charge in [0.05, 0.1) is 22.5 Å².